The highest BCUT2D eigenvalue weighted by Gasteiger charge is 2.51. The van der Waals surface area contributed by atoms with Crippen molar-refractivity contribution >= 4 is 5.97 Å². The summed E-state index contributed by atoms with van der Waals surface area (Å²) in [7, 11) is 0. The number of carboxylic acid groups (broad SMARTS) is 1. The number of ether oxygens (including phenoxy) is 1. The van der Waals surface area contributed by atoms with Gasteiger partial charge in [0.05, 0.1) is 16.5 Å². The predicted octanol–water partition coefficient (Wildman–Crippen LogP) is 5.45. The van der Waals surface area contributed by atoms with Crippen LogP contribution in [0.2, 0.25) is 0 Å². The average molecular weight is 511 g/mol. The standard InChI is InChI=1S/C27H25F3N4O3/c1-14(2)26(21(13-31)24(32)37-25-23(26)15(3)33-34-25)19-10-18(11-20(12-19)27(28,29)30)17-6-4-5-16(9-17)7-8-22(35)36/h4-6,9-12,14H,7-8,32H2,1-3H3,(H,33,34)(H,35,36). The molecule has 0 saturated carbocycles. The molecule has 0 fully saturated rings. The molecule has 1 atom stereocenters. The lowest BCUT2D eigenvalue weighted by molar-refractivity contribution is -0.138. The summed E-state index contributed by atoms with van der Waals surface area (Å²) in [5, 5.41) is 26.1. The molecule has 0 bridgehead atoms. The first-order valence-corrected chi connectivity index (χ1v) is 11.6. The van der Waals surface area contributed by atoms with Crippen molar-refractivity contribution in [3.05, 3.63) is 81.9 Å². The number of nitriles is 1. The number of carbonyl (C=O) groups is 1. The molecule has 2 heterocycles. The van der Waals surface area contributed by atoms with Gasteiger partial charge in [-0.15, -0.1) is 5.10 Å². The maximum Gasteiger partial charge on any atom is 0.416 e. The normalized spacial score (nSPS) is 17.4. The topological polar surface area (TPSA) is 125 Å². The van der Waals surface area contributed by atoms with Gasteiger partial charge in [0.2, 0.25) is 11.8 Å². The van der Waals surface area contributed by atoms with Crippen LogP contribution in [-0.2, 0) is 22.8 Å². The third-order valence-electron chi connectivity index (χ3n) is 6.74. The van der Waals surface area contributed by atoms with Crippen LogP contribution in [0.25, 0.3) is 11.1 Å². The van der Waals surface area contributed by atoms with Crippen molar-refractivity contribution in [1.82, 2.24) is 10.2 Å². The zero-order chi connectivity index (χ0) is 27.1. The first-order chi connectivity index (χ1) is 17.4. The lowest BCUT2D eigenvalue weighted by atomic mass is 9.61. The van der Waals surface area contributed by atoms with E-state index in [1.54, 1.807) is 51.1 Å². The summed E-state index contributed by atoms with van der Waals surface area (Å²) in [5.41, 5.74) is 6.51. The van der Waals surface area contributed by atoms with Crippen LogP contribution in [0.3, 0.4) is 0 Å². The maximum absolute atomic E-state index is 14.2. The Bertz CT molecular complexity index is 1450. The second kappa shape index (κ2) is 9.32. The Hall–Kier alpha value is -4.26. The number of aromatic amines is 1. The number of benzene rings is 2. The number of hydrogen-bond donors (Lipinski definition) is 3. The van der Waals surface area contributed by atoms with E-state index in [0.29, 0.717) is 22.4 Å². The molecule has 2 aromatic carbocycles. The van der Waals surface area contributed by atoms with Gasteiger partial charge in [-0.05, 0) is 59.7 Å². The first kappa shape index (κ1) is 25.8. The Balaban J connectivity index is 2.04. The van der Waals surface area contributed by atoms with Crippen molar-refractivity contribution in [2.24, 2.45) is 11.7 Å². The van der Waals surface area contributed by atoms with Crippen LogP contribution in [-0.4, -0.2) is 21.3 Å². The molecule has 0 saturated heterocycles. The number of alkyl halides is 3. The summed E-state index contributed by atoms with van der Waals surface area (Å²) in [6, 6.07) is 12.6. The molecule has 4 N–H and O–H groups in total. The van der Waals surface area contributed by atoms with Crippen molar-refractivity contribution in [3.8, 4) is 23.1 Å². The van der Waals surface area contributed by atoms with Gasteiger partial charge >= 0.3 is 12.1 Å². The summed E-state index contributed by atoms with van der Waals surface area (Å²) in [5.74, 6) is -1.50. The van der Waals surface area contributed by atoms with Crippen molar-refractivity contribution in [2.45, 2.75) is 45.2 Å². The fraction of sp³-hybridized carbons (Fsp3) is 0.296. The highest BCUT2D eigenvalue weighted by molar-refractivity contribution is 5.71. The third kappa shape index (κ3) is 4.42. The molecule has 0 spiro atoms. The van der Waals surface area contributed by atoms with Crippen LogP contribution in [0.1, 0.15) is 48.2 Å². The van der Waals surface area contributed by atoms with Crippen LogP contribution < -0.4 is 10.5 Å². The van der Waals surface area contributed by atoms with E-state index in [2.05, 4.69) is 16.3 Å². The molecule has 4 rings (SSSR count). The lowest BCUT2D eigenvalue weighted by Crippen LogP contribution is -2.41. The van der Waals surface area contributed by atoms with Gasteiger partial charge < -0.3 is 15.6 Å². The molecule has 1 aliphatic heterocycles. The van der Waals surface area contributed by atoms with E-state index >= 15 is 0 Å². The number of nitrogens with one attached hydrogen (secondary N) is 1. The van der Waals surface area contributed by atoms with Gasteiger partial charge in [0.1, 0.15) is 11.6 Å². The zero-order valence-corrected chi connectivity index (χ0v) is 20.4. The Kier molecular flexibility index (Phi) is 6.50. The van der Waals surface area contributed by atoms with Gasteiger partial charge in [0.25, 0.3) is 0 Å². The Labute approximate surface area is 211 Å². The maximum atomic E-state index is 14.2. The van der Waals surface area contributed by atoms with E-state index in [9.17, 15) is 23.2 Å². The molecule has 1 unspecified atom stereocenters. The van der Waals surface area contributed by atoms with Gasteiger partial charge in [-0.1, -0.05) is 38.1 Å². The smallest absolute Gasteiger partial charge is 0.416 e. The summed E-state index contributed by atoms with van der Waals surface area (Å²) < 4.78 is 48.2. The zero-order valence-electron chi connectivity index (χ0n) is 20.4. The highest BCUT2D eigenvalue weighted by atomic mass is 19.4. The molecule has 3 aromatic rings. The number of nitrogens with two attached hydrogens (primary N) is 1. The number of aryl methyl sites for hydroxylation is 2. The molecular formula is C27H25F3N4O3. The van der Waals surface area contributed by atoms with E-state index in [4.69, 9.17) is 15.6 Å². The van der Waals surface area contributed by atoms with Gasteiger partial charge in [0.15, 0.2) is 0 Å². The highest BCUT2D eigenvalue weighted by Crippen LogP contribution is 2.53. The minimum absolute atomic E-state index is 0.0000154. The van der Waals surface area contributed by atoms with E-state index in [-0.39, 0.29) is 41.3 Å². The van der Waals surface area contributed by atoms with Gasteiger partial charge in [-0.2, -0.15) is 18.4 Å². The minimum Gasteiger partial charge on any atom is -0.481 e. The van der Waals surface area contributed by atoms with Crippen LogP contribution >= 0.6 is 0 Å². The minimum atomic E-state index is -4.68. The number of halogens is 3. The number of carboxylic acids is 1. The van der Waals surface area contributed by atoms with E-state index < -0.39 is 29.0 Å². The number of nitrogens with zero attached hydrogens (tertiary/aromatic N) is 2. The average Bonchev–Trinajstić information content (AvgIpc) is 3.21. The largest absolute Gasteiger partial charge is 0.481 e. The first-order valence-electron chi connectivity index (χ1n) is 11.6. The second-order valence-corrected chi connectivity index (χ2v) is 9.34. The third-order valence-corrected chi connectivity index (χ3v) is 6.74. The van der Waals surface area contributed by atoms with Crippen LogP contribution in [0.5, 0.6) is 5.88 Å². The number of aromatic nitrogens is 2. The van der Waals surface area contributed by atoms with E-state index in [1.807, 2.05) is 0 Å². The number of hydrogen-bond acceptors (Lipinski definition) is 5. The van der Waals surface area contributed by atoms with Crippen LogP contribution in [0.4, 0.5) is 13.2 Å². The van der Waals surface area contributed by atoms with Crippen LogP contribution in [0.15, 0.2) is 53.9 Å². The molecule has 37 heavy (non-hydrogen) atoms. The number of fused-ring (bicyclic) bond motifs is 1. The Morgan fingerprint density at radius 3 is 2.59 bits per heavy atom. The molecule has 192 valence electrons. The fourth-order valence-corrected chi connectivity index (χ4v) is 5.11. The lowest BCUT2D eigenvalue weighted by Gasteiger charge is -2.41. The molecule has 1 aromatic heterocycles. The molecule has 10 heteroatoms. The molecule has 1 aliphatic rings. The summed E-state index contributed by atoms with van der Waals surface area (Å²) >= 11 is 0. The van der Waals surface area contributed by atoms with Gasteiger partial charge in [0, 0.05) is 12.1 Å². The second-order valence-electron chi connectivity index (χ2n) is 9.34. The molecule has 0 amide bonds. The Morgan fingerprint density at radius 1 is 1.24 bits per heavy atom. The molecule has 0 aliphatic carbocycles. The van der Waals surface area contributed by atoms with E-state index in [1.165, 1.54) is 0 Å². The number of aliphatic carboxylic acids is 1. The fourth-order valence-electron chi connectivity index (χ4n) is 5.11. The van der Waals surface area contributed by atoms with Crippen LogP contribution in [0, 0.1) is 24.2 Å². The van der Waals surface area contributed by atoms with Crippen molar-refractivity contribution in [1.29, 1.82) is 5.26 Å². The summed E-state index contributed by atoms with van der Waals surface area (Å²) in [4.78, 5) is 11.0. The Morgan fingerprint density at radius 2 is 1.97 bits per heavy atom. The SMILES string of the molecule is Cc1[nH]nc2c1C(c1cc(-c3cccc(CCC(=O)O)c3)cc(C(F)(F)F)c1)(C(C)C)C(C#N)=C(N)O2. The van der Waals surface area contributed by atoms with Crippen molar-refractivity contribution in [3.63, 3.8) is 0 Å². The molecule has 0 radical (unpaired) electrons. The number of H-pyrrole nitrogens is 1. The number of allylic oxidation sites excluding steroid dienone is 1. The van der Waals surface area contributed by atoms with Gasteiger partial charge in [-0.25, -0.2) is 0 Å². The number of rotatable bonds is 6. The monoisotopic (exact) mass is 510 g/mol. The van der Waals surface area contributed by atoms with Gasteiger partial charge in [-0.3, -0.25) is 9.89 Å². The molecule has 7 nitrogen and oxygen atoms in total. The van der Waals surface area contributed by atoms with E-state index in [0.717, 1.165) is 12.1 Å². The molecular weight excluding hydrogens is 485 g/mol. The summed E-state index contributed by atoms with van der Waals surface area (Å²) in [6.45, 7) is 5.32. The van der Waals surface area contributed by atoms with Crippen molar-refractivity contribution in [2.75, 3.05) is 0 Å². The van der Waals surface area contributed by atoms with Crippen molar-refractivity contribution < 1.29 is 27.8 Å². The quantitative estimate of drug-likeness (QED) is 0.405. The predicted molar refractivity (Wildman–Crippen MR) is 129 cm³/mol. The summed E-state index contributed by atoms with van der Waals surface area (Å²) in [6.07, 6.45) is -4.55.